The summed E-state index contributed by atoms with van der Waals surface area (Å²) in [5.41, 5.74) is 1.08. The number of aromatic nitrogens is 1. The predicted octanol–water partition coefficient (Wildman–Crippen LogP) is 4.41. The highest BCUT2D eigenvalue weighted by Crippen LogP contribution is 2.39. The van der Waals surface area contributed by atoms with Gasteiger partial charge in [-0.25, -0.2) is 17.7 Å². The third-order valence-corrected chi connectivity index (χ3v) is 9.42. The Labute approximate surface area is 218 Å². The third kappa shape index (κ3) is 6.17. The van der Waals surface area contributed by atoms with Crippen LogP contribution in [0.1, 0.15) is 43.6 Å². The standard InChI is InChI=1S/C25H32Cl2N4O3S/c1-29(35(2,33)34)19-10-14-30(15-11-19)16-12-23-20(18-6-8-21(26)22(27)17-18)7-9-25(32)31(23)24-5-3-4-13-28-24/h3-6,8,13,17,19-20,23H,7,9-12,14-16H2,1-2H3/t20-,23?/m0/s1. The summed E-state index contributed by atoms with van der Waals surface area (Å²) in [5, 5.41) is 1.03. The minimum absolute atomic E-state index is 0.0338. The average molecular weight is 540 g/mol. The SMILES string of the molecule is CN(C1CCN(CCC2[C@H](c3ccc(Cl)c(Cl)c3)CCC(=O)N2c2ccccn2)CC1)S(C)(=O)=O. The highest BCUT2D eigenvalue weighted by atomic mass is 35.5. The zero-order valence-electron chi connectivity index (χ0n) is 20.1. The van der Waals surface area contributed by atoms with Gasteiger partial charge in [-0.1, -0.05) is 35.3 Å². The largest absolute Gasteiger partial charge is 0.303 e. The number of amides is 1. The zero-order valence-corrected chi connectivity index (χ0v) is 22.4. The molecule has 2 aliphatic rings. The Hall–Kier alpha value is -1.71. The van der Waals surface area contributed by atoms with Crippen molar-refractivity contribution in [3.8, 4) is 0 Å². The van der Waals surface area contributed by atoms with Gasteiger partial charge in [0.15, 0.2) is 0 Å². The first-order chi connectivity index (χ1) is 16.6. The normalized spacial score (nSPS) is 22.7. The van der Waals surface area contributed by atoms with Gasteiger partial charge < -0.3 is 4.90 Å². The molecule has 2 aromatic rings. The number of hydrogen-bond acceptors (Lipinski definition) is 5. The van der Waals surface area contributed by atoms with Crippen molar-refractivity contribution >= 4 is 45.0 Å². The molecule has 1 aromatic carbocycles. The summed E-state index contributed by atoms with van der Waals surface area (Å²) in [5.74, 6) is 0.859. The number of carbonyl (C=O) groups excluding carboxylic acids is 1. The van der Waals surface area contributed by atoms with Crippen molar-refractivity contribution in [2.24, 2.45) is 0 Å². The van der Waals surface area contributed by atoms with E-state index >= 15 is 0 Å². The number of carbonyl (C=O) groups is 1. The first-order valence-corrected chi connectivity index (χ1v) is 14.6. The Balaban J connectivity index is 1.52. The van der Waals surface area contributed by atoms with Crippen LogP contribution in [0.5, 0.6) is 0 Å². The second kappa shape index (κ2) is 11.1. The number of anilines is 1. The van der Waals surface area contributed by atoms with E-state index in [1.165, 1.54) is 10.6 Å². The smallest absolute Gasteiger partial charge is 0.228 e. The summed E-state index contributed by atoms with van der Waals surface area (Å²) in [6.07, 6.45) is 6.54. The summed E-state index contributed by atoms with van der Waals surface area (Å²) in [6, 6.07) is 11.3. The number of halogens is 2. The Bertz CT molecular complexity index is 1140. The number of rotatable bonds is 7. The van der Waals surface area contributed by atoms with Gasteiger partial charge in [-0.3, -0.25) is 9.69 Å². The van der Waals surface area contributed by atoms with E-state index in [0.29, 0.717) is 22.3 Å². The molecule has 0 N–H and O–H groups in total. The van der Waals surface area contributed by atoms with Gasteiger partial charge in [0.05, 0.1) is 16.3 Å². The molecule has 2 atom stereocenters. The molecule has 3 heterocycles. The fourth-order valence-electron chi connectivity index (χ4n) is 5.30. The summed E-state index contributed by atoms with van der Waals surface area (Å²) >= 11 is 12.5. The maximum absolute atomic E-state index is 13.1. The number of piperidine rings is 2. The molecule has 0 radical (unpaired) electrons. The fourth-order valence-corrected chi connectivity index (χ4v) is 6.36. The van der Waals surface area contributed by atoms with E-state index in [4.69, 9.17) is 23.2 Å². The van der Waals surface area contributed by atoms with Crippen LogP contribution >= 0.6 is 23.2 Å². The van der Waals surface area contributed by atoms with Crippen molar-refractivity contribution in [2.75, 3.05) is 37.8 Å². The highest BCUT2D eigenvalue weighted by molar-refractivity contribution is 7.88. The molecule has 1 aromatic heterocycles. The monoisotopic (exact) mass is 538 g/mol. The molecule has 10 heteroatoms. The van der Waals surface area contributed by atoms with Gasteiger partial charge in [-0.15, -0.1) is 0 Å². The lowest BCUT2D eigenvalue weighted by Gasteiger charge is -2.42. The minimum atomic E-state index is -3.19. The highest BCUT2D eigenvalue weighted by Gasteiger charge is 2.38. The summed E-state index contributed by atoms with van der Waals surface area (Å²) < 4.78 is 25.3. The zero-order chi connectivity index (χ0) is 25.2. The van der Waals surface area contributed by atoms with Crippen molar-refractivity contribution in [3.05, 3.63) is 58.2 Å². The number of pyridine rings is 1. The van der Waals surface area contributed by atoms with Crippen molar-refractivity contribution in [1.29, 1.82) is 0 Å². The summed E-state index contributed by atoms with van der Waals surface area (Å²) in [6.45, 7) is 2.47. The van der Waals surface area contributed by atoms with Gasteiger partial charge in [0, 0.05) is 44.2 Å². The molecule has 0 aliphatic carbocycles. The van der Waals surface area contributed by atoms with E-state index < -0.39 is 10.0 Å². The van der Waals surface area contributed by atoms with Gasteiger partial charge in [0.25, 0.3) is 0 Å². The molecule has 190 valence electrons. The van der Waals surface area contributed by atoms with Crippen LogP contribution in [-0.2, 0) is 14.8 Å². The van der Waals surface area contributed by atoms with E-state index in [0.717, 1.165) is 50.9 Å². The second-order valence-electron chi connectivity index (χ2n) is 9.48. The third-order valence-electron chi connectivity index (χ3n) is 7.34. The minimum Gasteiger partial charge on any atom is -0.303 e. The van der Waals surface area contributed by atoms with E-state index in [2.05, 4.69) is 9.88 Å². The molecule has 0 bridgehead atoms. The summed E-state index contributed by atoms with van der Waals surface area (Å²) in [7, 11) is -1.53. The lowest BCUT2D eigenvalue weighted by Crippen LogP contribution is -2.50. The Kier molecular flexibility index (Phi) is 8.38. The quantitative estimate of drug-likeness (QED) is 0.521. The molecular formula is C25H32Cl2N4O3S. The average Bonchev–Trinajstić information content (AvgIpc) is 2.84. The van der Waals surface area contributed by atoms with Crippen LogP contribution in [0.3, 0.4) is 0 Å². The van der Waals surface area contributed by atoms with Gasteiger partial charge in [0.2, 0.25) is 15.9 Å². The molecule has 2 aliphatic heterocycles. The van der Waals surface area contributed by atoms with Crippen LogP contribution in [0.2, 0.25) is 10.0 Å². The molecule has 2 saturated heterocycles. The Morgan fingerprint density at radius 2 is 1.83 bits per heavy atom. The van der Waals surface area contributed by atoms with Crippen LogP contribution in [0, 0.1) is 0 Å². The molecular weight excluding hydrogens is 507 g/mol. The van der Waals surface area contributed by atoms with Crippen molar-refractivity contribution in [1.82, 2.24) is 14.2 Å². The van der Waals surface area contributed by atoms with Crippen LogP contribution in [-0.4, -0.2) is 73.5 Å². The molecule has 35 heavy (non-hydrogen) atoms. The lowest BCUT2D eigenvalue weighted by molar-refractivity contribution is -0.120. The van der Waals surface area contributed by atoms with E-state index in [1.807, 2.05) is 41.3 Å². The maximum Gasteiger partial charge on any atom is 0.228 e. The van der Waals surface area contributed by atoms with Crippen LogP contribution < -0.4 is 4.90 Å². The van der Waals surface area contributed by atoms with Gasteiger partial charge in [-0.2, -0.15) is 0 Å². The van der Waals surface area contributed by atoms with Crippen LogP contribution in [0.4, 0.5) is 5.82 Å². The maximum atomic E-state index is 13.1. The number of likely N-dealkylation sites (tertiary alicyclic amines) is 1. The molecule has 7 nitrogen and oxygen atoms in total. The number of hydrogen-bond donors (Lipinski definition) is 0. The van der Waals surface area contributed by atoms with E-state index in [1.54, 1.807) is 13.2 Å². The number of sulfonamides is 1. The van der Waals surface area contributed by atoms with Crippen molar-refractivity contribution in [2.45, 2.75) is 50.1 Å². The Morgan fingerprint density at radius 3 is 2.46 bits per heavy atom. The Morgan fingerprint density at radius 1 is 1.09 bits per heavy atom. The lowest BCUT2D eigenvalue weighted by atomic mass is 9.81. The summed E-state index contributed by atoms with van der Waals surface area (Å²) in [4.78, 5) is 21.9. The first-order valence-electron chi connectivity index (χ1n) is 12.0. The second-order valence-corrected chi connectivity index (χ2v) is 12.3. The molecule has 1 amide bonds. The first kappa shape index (κ1) is 26.4. The van der Waals surface area contributed by atoms with E-state index in [9.17, 15) is 13.2 Å². The molecule has 1 unspecified atom stereocenters. The van der Waals surface area contributed by atoms with E-state index in [-0.39, 0.29) is 23.9 Å². The molecule has 0 spiro atoms. The van der Waals surface area contributed by atoms with Crippen LogP contribution in [0.25, 0.3) is 0 Å². The number of benzene rings is 1. The van der Waals surface area contributed by atoms with Crippen LogP contribution in [0.15, 0.2) is 42.6 Å². The molecule has 2 fully saturated rings. The predicted molar refractivity (Wildman–Crippen MR) is 141 cm³/mol. The van der Waals surface area contributed by atoms with Gasteiger partial charge >= 0.3 is 0 Å². The fraction of sp³-hybridized carbons (Fsp3) is 0.520. The topological polar surface area (TPSA) is 73.8 Å². The molecule has 4 rings (SSSR count). The van der Waals surface area contributed by atoms with Crippen molar-refractivity contribution < 1.29 is 13.2 Å². The van der Waals surface area contributed by atoms with Crippen molar-refractivity contribution in [3.63, 3.8) is 0 Å². The van der Waals surface area contributed by atoms with Gasteiger partial charge in [-0.05, 0) is 68.6 Å². The molecule has 0 saturated carbocycles. The van der Waals surface area contributed by atoms with Gasteiger partial charge in [0.1, 0.15) is 5.82 Å². The number of nitrogens with zero attached hydrogens (tertiary/aromatic N) is 4.